The van der Waals surface area contributed by atoms with E-state index in [-0.39, 0.29) is 15.5 Å². The predicted octanol–water partition coefficient (Wildman–Crippen LogP) is 3.81. The van der Waals surface area contributed by atoms with Gasteiger partial charge in [-0.1, -0.05) is 18.2 Å². The summed E-state index contributed by atoms with van der Waals surface area (Å²) < 4.78 is 39.3. The summed E-state index contributed by atoms with van der Waals surface area (Å²) >= 11 is 1.15. The first-order valence-corrected chi connectivity index (χ1v) is 9.94. The van der Waals surface area contributed by atoms with E-state index in [0.29, 0.717) is 11.3 Å². The van der Waals surface area contributed by atoms with Gasteiger partial charge in [-0.15, -0.1) is 11.3 Å². The molecule has 0 unspecified atom stereocenters. The molecule has 0 aliphatic rings. The van der Waals surface area contributed by atoms with E-state index in [1.165, 1.54) is 13.2 Å². The average molecular weight is 391 g/mol. The van der Waals surface area contributed by atoms with E-state index in [1.807, 2.05) is 12.1 Å². The van der Waals surface area contributed by atoms with Crippen molar-refractivity contribution in [1.82, 2.24) is 0 Å². The Kier molecular flexibility index (Phi) is 4.88. The number of sulfonamides is 1. The quantitative estimate of drug-likeness (QED) is 0.669. The third kappa shape index (κ3) is 3.25. The Morgan fingerprint density at radius 3 is 2.54 bits per heavy atom. The summed E-state index contributed by atoms with van der Waals surface area (Å²) in [6, 6.07) is 11.6. The van der Waals surface area contributed by atoms with Crippen molar-refractivity contribution in [3.63, 3.8) is 0 Å². The fourth-order valence-corrected chi connectivity index (χ4v) is 5.53. The van der Waals surface area contributed by atoms with Gasteiger partial charge in [0.1, 0.15) is 9.96 Å². The van der Waals surface area contributed by atoms with Gasteiger partial charge in [-0.3, -0.25) is 4.72 Å². The molecule has 0 aliphatic heterocycles. The minimum Gasteiger partial charge on any atom is -0.495 e. The molecule has 0 bridgehead atoms. The smallest absolute Gasteiger partial charge is 0.337 e. The Balaban J connectivity index is 2.03. The van der Waals surface area contributed by atoms with Crippen molar-refractivity contribution in [3.05, 3.63) is 53.6 Å². The number of aryl methyl sites for hydroxylation is 1. The van der Waals surface area contributed by atoms with E-state index < -0.39 is 16.0 Å². The van der Waals surface area contributed by atoms with Crippen molar-refractivity contribution in [3.8, 4) is 5.75 Å². The van der Waals surface area contributed by atoms with Crippen LogP contribution < -0.4 is 9.46 Å². The molecule has 2 aromatic carbocycles. The van der Waals surface area contributed by atoms with Crippen LogP contribution in [0.5, 0.6) is 5.75 Å². The number of hydrogen-bond acceptors (Lipinski definition) is 6. The Morgan fingerprint density at radius 1 is 1.12 bits per heavy atom. The molecule has 0 radical (unpaired) electrons. The van der Waals surface area contributed by atoms with Crippen molar-refractivity contribution in [1.29, 1.82) is 0 Å². The van der Waals surface area contributed by atoms with Crippen LogP contribution in [0, 0.1) is 6.92 Å². The van der Waals surface area contributed by atoms with Crippen LogP contribution in [0.15, 0.2) is 46.7 Å². The molecular formula is C18H17NO5S2. The van der Waals surface area contributed by atoms with E-state index in [0.717, 1.165) is 21.4 Å². The summed E-state index contributed by atoms with van der Waals surface area (Å²) in [4.78, 5) is 11.6. The minimum absolute atomic E-state index is 0.209. The highest BCUT2D eigenvalue weighted by molar-refractivity contribution is 7.94. The maximum atomic E-state index is 12.9. The maximum Gasteiger partial charge on any atom is 0.337 e. The van der Waals surface area contributed by atoms with Crippen LogP contribution in [0.1, 0.15) is 15.9 Å². The number of methoxy groups -OCH3 is 2. The summed E-state index contributed by atoms with van der Waals surface area (Å²) in [5.74, 6) is 0.0959. The normalized spacial score (nSPS) is 11.3. The highest BCUT2D eigenvalue weighted by Crippen LogP contribution is 2.39. The summed E-state index contributed by atoms with van der Waals surface area (Å²) in [6.45, 7) is 1.76. The van der Waals surface area contributed by atoms with Crippen LogP contribution in [0.2, 0.25) is 0 Å². The van der Waals surface area contributed by atoms with E-state index in [9.17, 15) is 13.2 Å². The third-order valence-electron chi connectivity index (χ3n) is 3.88. The van der Waals surface area contributed by atoms with Crippen molar-refractivity contribution in [2.24, 2.45) is 0 Å². The number of carbonyl (C=O) groups is 1. The zero-order chi connectivity index (χ0) is 18.9. The summed E-state index contributed by atoms with van der Waals surface area (Å²) in [5.41, 5.74) is 1.21. The van der Waals surface area contributed by atoms with E-state index in [2.05, 4.69) is 9.46 Å². The Bertz CT molecular complexity index is 1090. The molecular weight excluding hydrogens is 374 g/mol. The van der Waals surface area contributed by atoms with Gasteiger partial charge in [0, 0.05) is 11.1 Å². The van der Waals surface area contributed by atoms with Gasteiger partial charge in [-0.05, 0) is 36.8 Å². The lowest BCUT2D eigenvalue weighted by Gasteiger charge is -2.08. The van der Waals surface area contributed by atoms with Gasteiger partial charge < -0.3 is 9.47 Å². The molecule has 0 fully saturated rings. The van der Waals surface area contributed by atoms with Crippen molar-refractivity contribution < 1.29 is 22.7 Å². The van der Waals surface area contributed by atoms with Gasteiger partial charge in [0.05, 0.1) is 24.5 Å². The van der Waals surface area contributed by atoms with Gasteiger partial charge in [-0.25, -0.2) is 13.2 Å². The van der Waals surface area contributed by atoms with Gasteiger partial charge in [0.25, 0.3) is 10.0 Å². The van der Waals surface area contributed by atoms with Crippen LogP contribution in [0.4, 0.5) is 5.69 Å². The first-order chi connectivity index (χ1) is 12.4. The number of benzene rings is 2. The van der Waals surface area contributed by atoms with Crippen molar-refractivity contribution >= 4 is 43.1 Å². The molecule has 8 heteroatoms. The molecule has 0 spiro atoms. The number of esters is 1. The molecule has 3 rings (SSSR count). The molecule has 0 aliphatic carbocycles. The van der Waals surface area contributed by atoms with Crippen LogP contribution in [-0.2, 0) is 14.8 Å². The molecule has 1 aromatic heterocycles. The monoisotopic (exact) mass is 391 g/mol. The largest absolute Gasteiger partial charge is 0.495 e. The fourth-order valence-electron chi connectivity index (χ4n) is 2.64. The van der Waals surface area contributed by atoms with Crippen molar-refractivity contribution in [2.75, 3.05) is 18.9 Å². The van der Waals surface area contributed by atoms with Gasteiger partial charge in [0.15, 0.2) is 0 Å². The van der Waals surface area contributed by atoms with E-state index in [4.69, 9.17) is 4.74 Å². The van der Waals surface area contributed by atoms with Crippen molar-refractivity contribution in [2.45, 2.75) is 11.1 Å². The first-order valence-electron chi connectivity index (χ1n) is 7.64. The number of hydrogen-bond donors (Lipinski definition) is 1. The summed E-state index contributed by atoms with van der Waals surface area (Å²) in [5, 5.41) is 0.832. The molecule has 6 nitrogen and oxygen atoms in total. The Labute approximate surface area is 155 Å². The molecule has 1 N–H and O–H groups in total. The topological polar surface area (TPSA) is 81.7 Å². The third-order valence-corrected chi connectivity index (χ3v) is 7.21. The van der Waals surface area contributed by atoms with Crippen LogP contribution >= 0.6 is 11.3 Å². The highest BCUT2D eigenvalue weighted by atomic mass is 32.2. The van der Waals surface area contributed by atoms with Crippen LogP contribution in [0.3, 0.4) is 0 Å². The highest BCUT2D eigenvalue weighted by Gasteiger charge is 2.23. The van der Waals surface area contributed by atoms with Gasteiger partial charge in [-0.2, -0.15) is 0 Å². The molecule has 3 aromatic rings. The Hall–Kier alpha value is -2.58. The molecule has 0 saturated carbocycles. The number of anilines is 1. The average Bonchev–Trinajstić information content (AvgIpc) is 2.99. The minimum atomic E-state index is -3.82. The zero-order valence-electron chi connectivity index (χ0n) is 14.4. The van der Waals surface area contributed by atoms with Crippen LogP contribution in [-0.4, -0.2) is 28.6 Å². The second-order valence-corrected chi connectivity index (χ2v) is 8.43. The second kappa shape index (κ2) is 6.97. The molecule has 26 heavy (non-hydrogen) atoms. The fraction of sp³-hybridized carbons (Fsp3) is 0.167. The number of carbonyl (C=O) groups excluding carboxylic acids is 1. The number of thiophene rings is 1. The molecule has 0 amide bonds. The lowest BCUT2D eigenvalue weighted by atomic mass is 10.2. The van der Waals surface area contributed by atoms with E-state index in [1.54, 1.807) is 38.3 Å². The van der Waals surface area contributed by atoms with E-state index >= 15 is 0 Å². The summed E-state index contributed by atoms with van der Waals surface area (Å²) in [7, 11) is -0.998. The lowest BCUT2D eigenvalue weighted by Crippen LogP contribution is -2.13. The molecule has 136 valence electrons. The second-order valence-electron chi connectivity index (χ2n) is 5.53. The lowest BCUT2D eigenvalue weighted by molar-refractivity contribution is 0.0601. The SMILES string of the molecule is COC(=O)c1cccc(NS(=O)(=O)c2sc3c(OC)cccc3c2C)c1. The number of nitrogens with one attached hydrogen (secondary N) is 1. The molecule has 0 atom stereocenters. The zero-order valence-corrected chi connectivity index (χ0v) is 16.0. The standard InChI is InChI=1S/C18H17NO5S2/c1-11-14-8-5-9-15(23-2)16(14)25-18(11)26(21,22)19-13-7-4-6-12(10-13)17(20)24-3/h4-10,19H,1-3H3. The predicted molar refractivity (Wildman–Crippen MR) is 102 cm³/mol. The first kappa shape index (κ1) is 18.2. The molecule has 0 saturated heterocycles. The summed E-state index contributed by atoms with van der Waals surface area (Å²) in [6.07, 6.45) is 0. The maximum absolute atomic E-state index is 12.9. The number of ether oxygens (including phenoxy) is 2. The number of fused-ring (bicyclic) bond motifs is 1. The van der Waals surface area contributed by atoms with Gasteiger partial charge in [0.2, 0.25) is 0 Å². The molecule has 1 heterocycles. The van der Waals surface area contributed by atoms with Gasteiger partial charge >= 0.3 is 5.97 Å². The Morgan fingerprint density at radius 2 is 1.85 bits per heavy atom. The van der Waals surface area contributed by atoms with Crippen LogP contribution in [0.25, 0.3) is 10.1 Å². The number of rotatable bonds is 5.